The number of carboxylic acid groups (broad SMARTS) is 2. The molecule has 0 heterocycles. The van der Waals surface area contributed by atoms with E-state index in [9.17, 15) is 9.18 Å². The molecule has 2 N–H and O–H groups in total. The number of rotatable bonds is 1. The van der Waals surface area contributed by atoms with Crippen LogP contribution in [0.4, 0.5) is 4.39 Å². The van der Waals surface area contributed by atoms with E-state index in [2.05, 4.69) is 0 Å². The molecule has 0 saturated heterocycles. The van der Waals surface area contributed by atoms with Crippen molar-refractivity contribution in [2.45, 2.75) is 6.92 Å². The quantitative estimate of drug-likeness (QED) is 0.722. The average Bonchev–Trinajstić information content (AvgIpc) is 2.03. The number of hydrogen-bond acceptors (Lipinski definition) is 2. The van der Waals surface area contributed by atoms with E-state index in [0.717, 1.165) is 19.1 Å². The SMILES string of the molecule is CC(=O)O.O=C(O)c1ccc(F)cc1. The van der Waals surface area contributed by atoms with Crippen LogP contribution in [0.15, 0.2) is 24.3 Å². The van der Waals surface area contributed by atoms with Crippen molar-refractivity contribution in [3.05, 3.63) is 35.6 Å². The van der Waals surface area contributed by atoms with Gasteiger partial charge in [-0.15, -0.1) is 0 Å². The minimum absolute atomic E-state index is 0.0985. The minimum Gasteiger partial charge on any atom is -0.481 e. The van der Waals surface area contributed by atoms with Gasteiger partial charge < -0.3 is 10.2 Å². The Bertz CT molecular complexity index is 314. The van der Waals surface area contributed by atoms with Gasteiger partial charge in [0.2, 0.25) is 0 Å². The fourth-order valence-electron chi connectivity index (χ4n) is 0.592. The molecule has 0 atom stereocenters. The zero-order valence-corrected chi connectivity index (χ0v) is 7.40. The van der Waals surface area contributed by atoms with Crippen molar-refractivity contribution in [2.24, 2.45) is 0 Å². The first-order valence-corrected chi connectivity index (χ1v) is 3.62. The topological polar surface area (TPSA) is 74.6 Å². The van der Waals surface area contributed by atoms with Crippen LogP contribution in [0.25, 0.3) is 0 Å². The first-order chi connectivity index (χ1) is 6.43. The Labute approximate surface area is 79.6 Å². The molecule has 14 heavy (non-hydrogen) atoms. The summed E-state index contributed by atoms with van der Waals surface area (Å²) in [5.41, 5.74) is 0.0985. The molecule has 5 heteroatoms. The summed E-state index contributed by atoms with van der Waals surface area (Å²) in [7, 11) is 0. The van der Waals surface area contributed by atoms with E-state index in [1.807, 2.05) is 0 Å². The zero-order chi connectivity index (χ0) is 11.1. The van der Waals surface area contributed by atoms with Gasteiger partial charge in [0, 0.05) is 6.92 Å². The summed E-state index contributed by atoms with van der Waals surface area (Å²) in [5, 5.41) is 15.8. The van der Waals surface area contributed by atoms with Crippen LogP contribution in [0, 0.1) is 5.82 Å². The number of carboxylic acids is 2. The molecule has 0 aliphatic rings. The normalized spacial score (nSPS) is 8.43. The Balaban J connectivity index is 0.000000364. The van der Waals surface area contributed by atoms with Gasteiger partial charge in [0.15, 0.2) is 0 Å². The molecule has 0 bridgehead atoms. The lowest BCUT2D eigenvalue weighted by Crippen LogP contribution is -1.94. The van der Waals surface area contributed by atoms with Crippen LogP contribution >= 0.6 is 0 Å². The highest BCUT2D eigenvalue weighted by atomic mass is 19.1. The van der Waals surface area contributed by atoms with Crippen LogP contribution in [-0.2, 0) is 4.79 Å². The predicted octanol–water partition coefficient (Wildman–Crippen LogP) is 1.61. The smallest absolute Gasteiger partial charge is 0.335 e. The lowest BCUT2D eigenvalue weighted by Gasteiger charge is -1.90. The lowest BCUT2D eigenvalue weighted by molar-refractivity contribution is -0.134. The summed E-state index contributed by atoms with van der Waals surface area (Å²) in [4.78, 5) is 19.2. The summed E-state index contributed by atoms with van der Waals surface area (Å²) in [6, 6.07) is 4.67. The Kier molecular flexibility index (Phi) is 4.91. The minimum atomic E-state index is -1.04. The average molecular weight is 200 g/mol. The number of carbonyl (C=O) groups is 2. The molecule has 0 spiro atoms. The molecule has 76 valence electrons. The zero-order valence-electron chi connectivity index (χ0n) is 7.40. The van der Waals surface area contributed by atoms with Crippen LogP contribution < -0.4 is 0 Å². The Hall–Kier alpha value is -1.91. The highest BCUT2D eigenvalue weighted by Crippen LogP contribution is 2.01. The second-order valence-electron chi connectivity index (χ2n) is 2.33. The lowest BCUT2D eigenvalue weighted by atomic mass is 10.2. The number of aliphatic carboxylic acids is 1. The third-order valence-electron chi connectivity index (χ3n) is 1.09. The van der Waals surface area contributed by atoms with Crippen molar-refractivity contribution in [1.29, 1.82) is 0 Å². The van der Waals surface area contributed by atoms with E-state index in [0.29, 0.717) is 0 Å². The molecule has 0 fully saturated rings. The molecule has 0 radical (unpaired) electrons. The van der Waals surface area contributed by atoms with E-state index >= 15 is 0 Å². The first-order valence-electron chi connectivity index (χ1n) is 3.62. The molecule has 0 aliphatic carbocycles. The van der Waals surface area contributed by atoms with Gasteiger partial charge in [-0.05, 0) is 24.3 Å². The van der Waals surface area contributed by atoms with Gasteiger partial charge in [-0.2, -0.15) is 0 Å². The third-order valence-corrected chi connectivity index (χ3v) is 1.09. The summed E-state index contributed by atoms with van der Waals surface area (Å²) in [5.74, 6) is -2.30. The molecule has 0 saturated carbocycles. The fraction of sp³-hybridized carbons (Fsp3) is 0.111. The van der Waals surface area contributed by atoms with E-state index in [1.54, 1.807) is 0 Å². The molecule has 0 aromatic heterocycles. The monoisotopic (exact) mass is 200 g/mol. The Morgan fingerprint density at radius 2 is 1.50 bits per heavy atom. The predicted molar refractivity (Wildman–Crippen MR) is 46.7 cm³/mol. The second-order valence-corrected chi connectivity index (χ2v) is 2.33. The van der Waals surface area contributed by atoms with Crippen molar-refractivity contribution in [1.82, 2.24) is 0 Å². The van der Waals surface area contributed by atoms with Crippen LogP contribution in [0.3, 0.4) is 0 Å². The van der Waals surface area contributed by atoms with Crippen molar-refractivity contribution < 1.29 is 24.2 Å². The van der Waals surface area contributed by atoms with Gasteiger partial charge in [0.05, 0.1) is 5.56 Å². The molecule has 1 rings (SSSR count). The molecule has 0 aliphatic heterocycles. The van der Waals surface area contributed by atoms with Crippen molar-refractivity contribution in [3.63, 3.8) is 0 Å². The molecule has 1 aromatic carbocycles. The summed E-state index contributed by atoms with van der Waals surface area (Å²) in [6.45, 7) is 1.08. The van der Waals surface area contributed by atoms with Crippen molar-refractivity contribution in [3.8, 4) is 0 Å². The molecule has 0 unspecified atom stereocenters. The van der Waals surface area contributed by atoms with E-state index in [1.165, 1.54) is 12.1 Å². The molecular formula is C9H9FO4. The second kappa shape index (κ2) is 5.69. The van der Waals surface area contributed by atoms with Gasteiger partial charge in [0.1, 0.15) is 5.82 Å². The Morgan fingerprint density at radius 3 is 1.79 bits per heavy atom. The standard InChI is InChI=1S/C7H5FO2.C2H4O2/c8-6-3-1-5(2-4-6)7(9)10;1-2(3)4/h1-4H,(H,9,10);1H3,(H,3,4). The number of aromatic carboxylic acids is 1. The van der Waals surface area contributed by atoms with E-state index in [-0.39, 0.29) is 5.56 Å². The highest BCUT2D eigenvalue weighted by Gasteiger charge is 1.99. The fourth-order valence-corrected chi connectivity index (χ4v) is 0.592. The number of benzene rings is 1. The summed E-state index contributed by atoms with van der Waals surface area (Å²) >= 11 is 0. The van der Waals surface area contributed by atoms with Crippen LogP contribution in [0.2, 0.25) is 0 Å². The van der Waals surface area contributed by atoms with Gasteiger partial charge in [-0.1, -0.05) is 0 Å². The van der Waals surface area contributed by atoms with Gasteiger partial charge in [0.25, 0.3) is 5.97 Å². The first kappa shape index (κ1) is 12.1. The van der Waals surface area contributed by atoms with Crippen molar-refractivity contribution in [2.75, 3.05) is 0 Å². The summed E-state index contributed by atoms with van der Waals surface area (Å²) in [6.07, 6.45) is 0. The Morgan fingerprint density at radius 1 is 1.14 bits per heavy atom. The van der Waals surface area contributed by atoms with Gasteiger partial charge in [-0.3, -0.25) is 4.79 Å². The summed E-state index contributed by atoms with van der Waals surface area (Å²) < 4.78 is 12.2. The number of hydrogen-bond donors (Lipinski definition) is 2. The number of halogens is 1. The van der Waals surface area contributed by atoms with E-state index < -0.39 is 17.8 Å². The molecular weight excluding hydrogens is 191 g/mol. The van der Waals surface area contributed by atoms with Crippen molar-refractivity contribution >= 4 is 11.9 Å². The third kappa shape index (κ3) is 5.70. The molecule has 0 amide bonds. The van der Waals surface area contributed by atoms with E-state index in [4.69, 9.17) is 15.0 Å². The molecule has 1 aromatic rings. The maximum absolute atomic E-state index is 12.2. The van der Waals surface area contributed by atoms with Gasteiger partial charge in [-0.25, -0.2) is 9.18 Å². The molecule has 4 nitrogen and oxygen atoms in total. The maximum atomic E-state index is 12.2. The van der Waals surface area contributed by atoms with Gasteiger partial charge >= 0.3 is 5.97 Å². The van der Waals surface area contributed by atoms with Crippen LogP contribution in [0.1, 0.15) is 17.3 Å². The largest absolute Gasteiger partial charge is 0.481 e. The van der Waals surface area contributed by atoms with Crippen LogP contribution in [0.5, 0.6) is 0 Å². The van der Waals surface area contributed by atoms with Crippen LogP contribution in [-0.4, -0.2) is 22.2 Å². The highest BCUT2D eigenvalue weighted by molar-refractivity contribution is 5.87. The maximum Gasteiger partial charge on any atom is 0.335 e.